The van der Waals surface area contributed by atoms with E-state index in [4.69, 9.17) is 13.6 Å². The number of ether oxygens (including phenoxy) is 1. The van der Waals surface area contributed by atoms with Crippen LogP contribution in [0.15, 0.2) is 0 Å². The Bertz CT molecular complexity index is 791. The summed E-state index contributed by atoms with van der Waals surface area (Å²) in [6, 6.07) is -0.197. The van der Waals surface area contributed by atoms with Crippen LogP contribution in [0, 0.1) is 0 Å². The smallest absolute Gasteiger partial charge is 0.306 e. The van der Waals surface area contributed by atoms with Gasteiger partial charge in [-0.15, -0.1) is 0 Å². The summed E-state index contributed by atoms with van der Waals surface area (Å²) < 4.78 is 19.4. The molecule has 0 bridgehead atoms. The van der Waals surface area contributed by atoms with E-state index in [-0.39, 0.29) is 46.9 Å². The largest absolute Gasteiger partial charge is 0.462 e. The average molecular weight is 673 g/mol. The van der Waals surface area contributed by atoms with Crippen LogP contribution in [0.4, 0.5) is 0 Å². The van der Waals surface area contributed by atoms with Gasteiger partial charge in [0.1, 0.15) is 6.10 Å². The van der Waals surface area contributed by atoms with E-state index >= 15 is 0 Å². The lowest BCUT2D eigenvalue weighted by molar-refractivity contribution is -0.152. The van der Waals surface area contributed by atoms with E-state index in [1.807, 2.05) is 4.90 Å². The average Bonchev–Trinajstić information content (AvgIpc) is 2.91. The molecule has 0 radical (unpaired) electrons. The van der Waals surface area contributed by atoms with Gasteiger partial charge in [-0.25, -0.2) is 0 Å². The molecule has 7 nitrogen and oxygen atoms in total. The molecule has 0 spiro atoms. The van der Waals surface area contributed by atoms with E-state index in [1.54, 1.807) is 0 Å². The van der Waals surface area contributed by atoms with Crippen molar-refractivity contribution in [3.8, 4) is 0 Å². The van der Waals surface area contributed by atoms with Crippen molar-refractivity contribution >= 4 is 28.5 Å². The van der Waals surface area contributed by atoms with Crippen molar-refractivity contribution < 1.29 is 23.2 Å². The van der Waals surface area contributed by atoms with Crippen LogP contribution in [-0.4, -0.2) is 90.9 Å². The minimum Gasteiger partial charge on any atom is -0.462 e. The first-order valence-electron chi connectivity index (χ1n) is 18.1. The zero-order valence-corrected chi connectivity index (χ0v) is 34.4. The zero-order chi connectivity index (χ0) is 34.9. The Morgan fingerprint density at radius 1 is 0.667 bits per heavy atom. The predicted octanol–water partition coefficient (Wildman–Crippen LogP) is 9.42. The summed E-state index contributed by atoms with van der Waals surface area (Å²) in [6.07, 6.45) is 10.7. The van der Waals surface area contributed by atoms with Gasteiger partial charge in [0.15, 0.2) is 16.6 Å². The molecule has 45 heavy (non-hydrogen) atoms. The second-order valence-electron chi connectivity index (χ2n) is 16.5. The molecule has 1 amide bonds. The molecule has 0 saturated heterocycles. The summed E-state index contributed by atoms with van der Waals surface area (Å²) in [5.41, 5.74) is 0. The molecular weight excluding hydrogens is 597 g/mol. The number of unbranched alkanes of at least 4 members (excludes halogenated alkanes) is 5. The van der Waals surface area contributed by atoms with Crippen molar-refractivity contribution in [1.82, 2.24) is 9.80 Å². The van der Waals surface area contributed by atoms with E-state index in [0.717, 1.165) is 51.5 Å². The summed E-state index contributed by atoms with van der Waals surface area (Å²) >= 11 is 0. The van der Waals surface area contributed by atoms with Gasteiger partial charge in [-0.1, -0.05) is 87.5 Å². The number of rotatable bonds is 24. The molecule has 0 aliphatic rings. The van der Waals surface area contributed by atoms with Crippen molar-refractivity contribution in [2.45, 2.75) is 181 Å². The van der Waals surface area contributed by atoms with Crippen molar-refractivity contribution in [3.05, 3.63) is 0 Å². The van der Waals surface area contributed by atoms with Gasteiger partial charge >= 0.3 is 5.97 Å². The van der Waals surface area contributed by atoms with E-state index in [1.165, 1.54) is 19.3 Å². The number of carbonyl (C=O) groups excluding carboxylic acids is 2. The van der Waals surface area contributed by atoms with Crippen LogP contribution >= 0.6 is 0 Å². The third kappa shape index (κ3) is 18.4. The van der Waals surface area contributed by atoms with Crippen molar-refractivity contribution in [3.63, 3.8) is 0 Å². The molecule has 0 aromatic heterocycles. The molecule has 0 rings (SSSR count). The lowest BCUT2D eigenvalue weighted by Gasteiger charge is -2.42. The second-order valence-corrected chi connectivity index (χ2v) is 26.1. The molecule has 0 aliphatic heterocycles. The molecule has 0 heterocycles. The van der Waals surface area contributed by atoms with Gasteiger partial charge in [-0.05, 0) is 89.0 Å². The quantitative estimate of drug-likeness (QED) is 0.0578. The summed E-state index contributed by atoms with van der Waals surface area (Å²) in [5, 5.41) is 0.127. The molecule has 268 valence electrons. The van der Waals surface area contributed by atoms with E-state index in [0.29, 0.717) is 19.8 Å². The topological polar surface area (TPSA) is 68.3 Å². The fourth-order valence-electron chi connectivity index (χ4n) is 4.65. The normalized spacial score (nSPS) is 13.9. The monoisotopic (exact) mass is 673 g/mol. The Hall–Kier alpha value is -0.746. The predicted molar refractivity (Wildman–Crippen MR) is 197 cm³/mol. The number of esters is 1. The maximum atomic E-state index is 14.0. The van der Waals surface area contributed by atoms with Gasteiger partial charge in [-0.3, -0.25) is 9.59 Å². The van der Waals surface area contributed by atoms with E-state index < -0.39 is 16.6 Å². The van der Waals surface area contributed by atoms with Crippen molar-refractivity contribution in [2.75, 3.05) is 40.4 Å². The van der Waals surface area contributed by atoms with Crippen LogP contribution in [-0.2, 0) is 23.2 Å². The van der Waals surface area contributed by atoms with Crippen LogP contribution in [0.3, 0.4) is 0 Å². The number of carbonyl (C=O) groups is 2. The van der Waals surface area contributed by atoms with Crippen LogP contribution in [0.5, 0.6) is 0 Å². The molecular formula is C36H76N2O5Si2. The molecule has 9 heteroatoms. The molecule has 1 atom stereocenters. The number of hydrogen-bond donors (Lipinski definition) is 0. The lowest BCUT2D eigenvalue weighted by atomic mass is 10.1. The van der Waals surface area contributed by atoms with Gasteiger partial charge < -0.3 is 23.4 Å². The third-order valence-electron chi connectivity index (χ3n) is 9.98. The molecule has 0 saturated carbocycles. The highest BCUT2D eigenvalue weighted by Gasteiger charge is 2.41. The Morgan fingerprint density at radius 2 is 1.18 bits per heavy atom. The van der Waals surface area contributed by atoms with Gasteiger partial charge in [-0.2, -0.15) is 0 Å². The van der Waals surface area contributed by atoms with Crippen LogP contribution in [0.1, 0.15) is 132 Å². The molecule has 0 fully saturated rings. The first kappa shape index (κ1) is 44.3. The Kier molecular flexibility index (Phi) is 20.9. The molecule has 0 N–H and O–H groups in total. The van der Waals surface area contributed by atoms with Crippen molar-refractivity contribution in [1.29, 1.82) is 0 Å². The Balaban J connectivity index is 5.89. The van der Waals surface area contributed by atoms with E-state index in [2.05, 4.69) is 101 Å². The molecule has 0 aliphatic carbocycles. The minimum absolute atomic E-state index is 0.00258. The van der Waals surface area contributed by atoms with Crippen LogP contribution < -0.4 is 0 Å². The third-order valence-corrected chi connectivity index (χ3v) is 19.0. The van der Waals surface area contributed by atoms with Gasteiger partial charge in [0.25, 0.3) is 0 Å². The first-order valence-corrected chi connectivity index (χ1v) is 23.9. The SMILES string of the molecule is CCCCCCC(CCC)OC(=O)CCC(=O)N(CCCCCN(C)C)C(CO[Si](C)(C)C(C)(C)C)CO[Si](C)(C)C(C)(C)C. The highest BCUT2D eigenvalue weighted by atomic mass is 28.4. The van der Waals surface area contributed by atoms with E-state index in [9.17, 15) is 9.59 Å². The fourth-order valence-corrected chi connectivity index (χ4v) is 6.73. The van der Waals surface area contributed by atoms with Gasteiger partial charge in [0, 0.05) is 13.0 Å². The van der Waals surface area contributed by atoms with Gasteiger partial charge in [0.2, 0.25) is 5.91 Å². The highest BCUT2D eigenvalue weighted by molar-refractivity contribution is 6.74. The van der Waals surface area contributed by atoms with Crippen LogP contribution in [0.25, 0.3) is 0 Å². The zero-order valence-electron chi connectivity index (χ0n) is 32.4. The molecule has 0 aromatic rings. The highest BCUT2D eigenvalue weighted by Crippen LogP contribution is 2.38. The number of amides is 1. The molecule has 1 unspecified atom stereocenters. The minimum atomic E-state index is -2.06. The summed E-state index contributed by atoms with van der Waals surface area (Å²) in [7, 11) is 0.0745. The Labute approximate surface area is 282 Å². The fraction of sp³-hybridized carbons (Fsp3) is 0.944. The Morgan fingerprint density at radius 3 is 1.64 bits per heavy atom. The van der Waals surface area contributed by atoms with Crippen LogP contribution in [0.2, 0.25) is 36.3 Å². The van der Waals surface area contributed by atoms with Crippen molar-refractivity contribution in [2.24, 2.45) is 0 Å². The maximum absolute atomic E-state index is 14.0. The lowest BCUT2D eigenvalue weighted by Crippen LogP contribution is -2.52. The van der Waals surface area contributed by atoms with Gasteiger partial charge in [0.05, 0.1) is 25.7 Å². The summed E-state index contributed by atoms with van der Waals surface area (Å²) in [5.74, 6) is -0.257. The second kappa shape index (κ2) is 21.3. The standard InChI is InChI=1S/C36H76N2O5Si2/c1-15-17-18-20-24-32(23-16-2)43-34(40)26-25-33(39)38(28-22-19-21-27-37(9)10)31(29-41-44(11,12)35(3,4)5)30-42-45(13,14)36(6,7)8/h31-32H,15-30H2,1-14H3. The number of nitrogens with zero attached hydrogens (tertiary/aromatic N) is 2. The summed E-state index contributed by atoms with van der Waals surface area (Å²) in [6.45, 7) is 29.4. The number of hydrogen-bond acceptors (Lipinski definition) is 6. The maximum Gasteiger partial charge on any atom is 0.306 e. The first-order chi connectivity index (χ1) is 20.7. The molecule has 0 aromatic carbocycles. The summed E-state index contributed by atoms with van der Waals surface area (Å²) in [4.78, 5) is 31.1.